The number of anilines is 1. The van der Waals surface area contributed by atoms with Crippen LogP contribution in [0.3, 0.4) is 0 Å². The SMILES string of the molecule is COc1cc(N)c2cc1Oc1ccc(cc1)CC[C@H]1c3cc(c(OC)cc3CCN1C)Oc1c(OC(=O)c3ccccc3)c(OC)cc3c1[C@H](C2)N(C)CC3. The Morgan fingerprint density at radius 2 is 1.36 bits per heavy atom. The third-order valence-electron chi connectivity index (χ3n) is 11.3. The van der Waals surface area contributed by atoms with Gasteiger partial charge < -0.3 is 34.2 Å². The number of carbonyl (C=O) groups is 1. The van der Waals surface area contributed by atoms with Crippen LogP contribution in [0.2, 0.25) is 0 Å². The summed E-state index contributed by atoms with van der Waals surface area (Å²) in [6.45, 7) is 1.69. The van der Waals surface area contributed by atoms with Gasteiger partial charge in [-0.2, -0.15) is 0 Å². The van der Waals surface area contributed by atoms with E-state index in [0.29, 0.717) is 57.9 Å². The maximum Gasteiger partial charge on any atom is 0.343 e. The number of nitrogen functional groups attached to an aromatic ring is 1. The molecule has 0 unspecified atom stereocenters. The molecule has 4 aliphatic heterocycles. The summed E-state index contributed by atoms with van der Waals surface area (Å²) < 4.78 is 37.7. The van der Waals surface area contributed by atoms with Crippen LogP contribution in [0.15, 0.2) is 84.9 Å². The highest BCUT2D eigenvalue weighted by molar-refractivity contribution is 5.92. The molecule has 10 heteroatoms. The Morgan fingerprint density at radius 1 is 0.709 bits per heavy atom. The fourth-order valence-electron chi connectivity index (χ4n) is 8.22. The second kappa shape index (κ2) is 15.2. The van der Waals surface area contributed by atoms with E-state index in [1.54, 1.807) is 45.6 Å². The van der Waals surface area contributed by atoms with Crippen molar-refractivity contribution >= 4 is 11.7 Å². The summed E-state index contributed by atoms with van der Waals surface area (Å²) in [5, 5.41) is 0. The molecule has 0 aromatic heterocycles. The highest BCUT2D eigenvalue weighted by atomic mass is 16.6. The molecule has 0 radical (unpaired) electrons. The first-order valence-corrected chi connectivity index (χ1v) is 18.8. The summed E-state index contributed by atoms with van der Waals surface area (Å²) in [7, 11) is 9.12. The number of hydrogen-bond donors (Lipinski definition) is 1. The Hall–Kier alpha value is -5.71. The number of rotatable bonds is 5. The molecule has 0 aliphatic carbocycles. The van der Waals surface area contributed by atoms with Crippen molar-refractivity contribution in [3.05, 3.63) is 124 Å². The van der Waals surface area contributed by atoms with Gasteiger partial charge in [0.2, 0.25) is 5.75 Å². The van der Waals surface area contributed by atoms with Crippen LogP contribution in [-0.2, 0) is 25.7 Å². The monoisotopic (exact) mass is 741 g/mol. The average molecular weight is 742 g/mol. The van der Waals surface area contributed by atoms with E-state index in [9.17, 15) is 4.79 Å². The summed E-state index contributed by atoms with van der Waals surface area (Å²) in [4.78, 5) is 18.5. The zero-order valence-electron chi connectivity index (χ0n) is 32.0. The Kier molecular flexibility index (Phi) is 10.0. The fourth-order valence-corrected chi connectivity index (χ4v) is 8.22. The Morgan fingerprint density at radius 3 is 2.09 bits per heavy atom. The number of methoxy groups -OCH3 is 3. The van der Waals surface area contributed by atoms with Gasteiger partial charge in [0.25, 0.3) is 0 Å². The summed E-state index contributed by atoms with van der Waals surface area (Å²) in [6, 6.07) is 27.1. The quantitative estimate of drug-likeness (QED) is 0.107. The lowest BCUT2D eigenvalue weighted by molar-refractivity contribution is 0.0724. The average Bonchev–Trinajstić information content (AvgIpc) is 3.20. The molecule has 2 N–H and O–H groups in total. The molecular weight excluding hydrogens is 695 g/mol. The number of nitrogens with zero attached hydrogens (tertiary/aromatic N) is 2. The minimum Gasteiger partial charge on any atom is -0.493 e. The normalized spacial score (nSPS) is 18.1. The van der Waals surface area contributed by atoms with E-state index in [2.05, 4.69) is 48.2 Å². The number of nitrogens with two attached hydrogens (primary N) is 1. The van der Waals surface area contributed by atoms with Gasteiger partial charge in [-0.1, -0.05) is 30.3 Å². The number of esters is 1. The molecule has 2 atom stereocenters. The lowest BCUT2D eigenvalue weighted by Crippen LogP contribution is -2.34. The van der Waals surface area contributed by atoms with Crippen LogP contribution in [0.4, 0.5) is 5.69 Å². The summed E-state index contributed by atoms with van der Waals surface area (Å²) in [6.07, 6.45) is 3.86. The largest absolute Gasteiger partial charge is 0.493 e. The summed E-state index contributed by atoms with van der Waals surface area (Å²) in [5.74, 6) is 3.42. The zero-order valence-corrected chi connectivity index (χ0v) is 32.0. The topological polar surface area (TPSA) is 105 Å². The van der Waals surface area contributed by atoms with Crippen LogP contribution in [0.25, 0.3) is 0 Å². The molecule has 284 valence electrons. The van der Waals surface area contributed by atoms with Crippen LogP contribution < -0.4 is 34.2 Å². The van der Waals surface area contributed by atoms with Crippen LogP contribution in [0.1, 0.15) is 62.2 Å². The van der Waals surface area contributed by atoms with Crippen molar-refractivity contribution in [2.75, 3.05) is 54.2 Å². The third kappa shape index (κ3) is 7.03. The predicted octanol–water partition coefficient (Wildman–Crippen LogP) is 8.35. The van der Waals surface area contributed by atoms with Gasteiger partial charge in [0.15, 0.2) is 34.5 Å². The predicted molar refractivity (Wildman–Crippen MR) is 212 cm³/mol. The number of fused-ring (bicyclic) bond motifs is 3. The first-order valence-electron chi connectivity index (χ1n) is 18.8. The second-order valence-electron chi connectivity index (χ2n) is 14.6. The van der Waals surface area contributed by atoms with E-state index in [-0.39, 0.29) is 17.8 Å². The lowest BCUT2D eigenvalue weighted by atomic mass is 9.87. The van der Waals surface area contributed by atoms with Crippen molar-refractivity contribution in [3.63, 3.8) is 0 Å². The van der Waals surface area contributed by atoms with Crippen molar-refractivity contribution in [3.8, 4) is 46.0 Å². The van der Waals surface area contributed by atoms with Crippen LogP contribution in [0.5, 0.6) is 46.0 Å². The molecule has 9 rings (SSSR count). The first kappa shape index (κ1) is 36.3. The molecule has 0 saturated heterocycles. The van der Waals surface area contributed by atoms with Gasteiger partial charge in [-0.15, -0.1) is 0 Å². The number of aryl methyl sites for hydroxylation is 1. The Balaban J connectivity index is 1.36. The van der Waals surface area contributed by atoms with Gasteiger partial charge in [0.1, 0.15) is 5.75 Å². The zero-order chi connectivity index (χ0) is 38.2. The van der Waals surface area contributed by atoms with E-state index in [4.69, 9.17) is 34.2 Å². The second-order valence-corrected chi connectivity index (χ2v) is 14.6. The molecule has 10 nitrogen and oxygen atoms in total. The van der Waals surface area contributed by atoms with Crippen molar-refractivity contribution in [1.82, 2.24) is 9.80 Å². The maximum absolute atomic E-state index is 13.8. The fraction of sp³-hybridized carbons (Fsp3) is 0.311. The standard InChI is InChI=1S/C45H47N3O7/c1-47-19-17-29-22-37(50-3)40-25-33(29)35(47)16-13-27-11-14-32(15-12-27)53-39-24-31(34(46)26-38(39)51-4)21-36-42-30(18-20-48(36)2)23-41(52-5)43(44(42)54-40)55-45(49)28-9-7-6-8-10-28/h6-12,14-15,22-26,35-36H,13,16-21,46H2,1-5H3/t35-,36-/m0/s1. The molecular formula is C45H47N3O7. The Labute approximate surface area is 322 Å². The molecule has 4 heterocycles. The number of benzene rings is 5. The van der Waals surface area contributed by atoms with Crippen LogP contribution in [-0.4, -0.2) is 64.3 Å². The highest BCUT2D eigenvalue weighted by Crippen LogP contribution is 2.52. The third-order valence-corrected chi connectivity index (χ3v) is 11.3. The van der Waals surface area contributed by atoms with Gasteiger partial charge in [-0.25, -0.2) is 4.79 Å². The number of likely N-dealkylation sites (N-methyl/N-ethyl adjacent to an activating group) is 2. The van der Waals surface area contributed by atoms with Gasteiger partial charge >= 0.3 is 5.97 Å². The minimum atomic E-state index is -0.526. The molecule has 5 aromatic rings. The number of hydrogen-bond acceptors (Lipinski definition) is 10. The van der Waals surface area contributed by atoms with Gasteiger partial charge in [-0.05, 0) is 123 Å². The molecule has 4 aliphatic rings. The van der Waals surface area contributed by atoms with Crippen molar-refractivity contribution < 1.29 is 33.2 Å². The lowest BCUT2D eigenvalue weighted by Gasteiger charge is -2.37. The van der Waals surface area contributed by atoms with E-state index < -0.39 is 5.97 Å². The molecule has 55 heavy (non-hydrogen) atoms. The molecule has 0 spiro atoms. The van der Waals surface area contributed by atoms with E-state index >= 15 is 0 Å². The van der Waals surface area contributed by atoms with E-state index in [0.717, 1.165) is 55.5 Å². The summed E-state index contributed by atoms with van der Waals surface area (Å²) >= 11 is 0. The van der Waals surface area contributed by atoms with Crippen LogP contribution in [0, 0.1) is 0 Å². The highest BCUT2D eigenvalue weighted by Gasteiger charge is 2.36. The van der Waals surface area contributed by atoms with E-state index in [1.165, 1.54) is 16.7 Å². The minimum absolute atomic E-state index is 0.136. The van der Waals surface area contributed by atoms with Crippen molar-refractivity contribution in [2.45, 2.75) is 44.2 Å². The maximum atomic E-state index is 13.8. The van der Waals surface area contributed by atoms with Gasteiger partial charge in [0, 0.05) is 42.5 Å². The van der Waals surface area contributed by atoms with Crippen LogP contribution >= 0.6 is 0 Å². The van der Waals surface area contributed by atoms with Crippen molar-refractivity contribution in [2.24, 2.45) is 0 Å². The number of ether oxygens (including phenoxy) is 6. The number of carbonyl (C=O) groups excluding carboxylic acids is 1. The molecule has 0 fully saturated rings. The first-order chi connectivity index (χ1) is 26.7. The molecule has 6 bridgehead atoms. The van der Waals surface area contributed by atoms with E-state index in [1.807, 2.05) is 36.4 Å². The van der Waals surface area contributed by atoms with Gasteiger partial charge in [0.05, 0.1) is 26.9 Å². The van der Waals surface area contributed by atoms with Gasteiger partial charge in [-0.3, -0.25) is 9.80 Å². The molecule has 5 aromatic carbocycles. The Bertz CT molecular complexity index is 2220. The van der Waals surface area contributed by atoms with Crippen molar-refractivity contribution in [1.29, 1.82) is 0 Å². The summed E-state index contributed by atoms with van der Waals surface area (Å²) in [5.41, 5.74) is 14.2. The molecule has 0 amide bonds. The smallest absolute Gasteiger partial charge is 0.343 e. The molecule has 0 saturated carbocycles.